The van der Waals surface area contributed by atoms with Crippen LogP contribution >= 0.6 is 0 Å². The summed E-state index contributed by atoms with van der Waals surface area (Å²) in [5.74, 6) is 0. The van der Waals surface area contributed by atoms with E-state index in [0.717, 1.165) is 0 Å². The molecule has 0 aliphatic heterocycles. The summed E-state index contributed by atoms with van der Waals surface area (Å²) >= 11 is 0. The Hall–Kier alpha value is 0.199. The van der Waals surface area contributed by atoms with Gasteiger partial charge in [-0.15, -0.1) is 0 Å². The van der Waals surface area contributed by atoms with Crippen LogP contribution in [0.1, 0.15) is 0 Å². The van der Waals surface area contributed by atoms with E-state index in [0.29, 0.717) is 0 Å². The average molecular weight is 304 g/mol. The molecule has 0 aromatic rings. The molecule has 0 aromatic heterocycles. The van der Waals surface area contributed by atoms with Gasteiger partial charge in [0.25, 0.3) is 0 Å². The summed E-state index contributed by atoms with van der Waals surface area (Å²) in [5, 5.41) is 49.7. The Bertz CT molecular complexity index is 132. The maximum atomic E-state index is 8.28. The largest absolute Gasteiger partial charge is 2.00 e. The van der Waals surface area contributed by atoms with E-state index in [2.05, 4.69) is 0 Å². The smallest absolute Gasteiger partial charge is 0.666 e. The summed E-state index contributed by atoms with van der Waals surface area (Å²) in [6, 6.07) is 0. The summed E-state index contributed by atoms with van der Waals surface area (Å²) in [4.78, 5) is 0. The molecule has 0 bridgehead atoms. The van der Waals surface area contributed by atoms with E-state index < -0.39 is 50.7 Å². The van der Waals surface area contributed by atoms with Crippen LogP contribution in [-0.2, 0) is 17.1 Å². The average Bonchev–Trinajstić information content (AvgIpc) is 2.37. The number of hydrogen-bond acceptors (Lipinski definition) is 6. The molecule has 0 amide bonds. The van der Waals surface area contributed by atoms with E-state index in [4.69, 9.17) is 42.1 Å². The van der Waals surface area contributed by atoms with Gasteiger partial charge in [0, 0.05) is 39.6 Å². The summed E-state index contributed by atoms with van der Waals surface area (Å²) in [6.07, 6.45) is 0. The van der Waals surface area contributed by atoms with Crippen LogP contribution in [0.2, 0.25) is 0 Å². The Morgan fingerprint density at radius 3 is 0.647 bits per heavy atom. The van der Waals surface area contributed by atoms with Gasteiger partial charge in [0.2, 0.25) is 0 Å². The maximum Gasteiger partial charge on any atom is 2.00 e. The number of rotatable bonds is 6. The molecule has 0 spiro atoms. The van der Waals surface area contributed by atoms with Crippen LogP contribution in [0.15, 0.2) is 0 Å². The van der Waals surface area contributed by atoms with Crippen LogP contribution in [0.25, 0.3) is 11.5 Å². The molecule has 109 valence electrons. The van der Waals surface area contributed by atoms with Crippen molar-refractivity contribution < 1.29 is 47.7 Å². The molecule has 0 heterocycles. The molecular weight excluding hydrogens is 284 g/mol. The molecule has 0 atom stereocenters. The summed E-state index contributed by atoms with van der Waals surface area (Å²) < 4.78 is 0. The molecule has 8 nitrogen and oxygen atoms in total. The van der Waals surface area contributed by atoms with E-state index in [1.807, 2.05) is 0 Å². The molecule has 0 saturated carbocycles. The van der Waals surface area contributed by atoms with E-state index in [1.165, 1.54) is 0 Å². The van der Waals surface area contributed by atoms with Crippen molar-refractivity contribution in [3.8, 4) is 0 Å². The number of aliphatic hydroxyl groups excluding tert-OH is 6. The van der Waals surface area contributed by atoms with Crippen molar-refractivity contribution in [2.45, 2.75) is 11.1 Å². The molecule has 9 heteroatoms. The molecule has 0 rings (SSSR count). The van der Waals surface area contributed by atoms with Crippen molar-refractivity contribution in [1.82, 2.24) is 0 Å². The van der Waals surface area contributed by atoms with Crippen molar-refractivity contribution >= 4 is 0 Å². The third kappa shape index (κ3) is 9.86. The third-order valence-corrected chi connectivity index (χ3v) is 1.82. The van der Waals surface area contributed by atoms with Gasteiger partial charge < -0.3 is 42.1 Å². The first-order chi connectivity index (χ1) is 7.36. The van der Waals surface area contributed by atoms with Gasteiger partial charge in [-0.05, 0) is 0 Å². The fourth-order valence-corrected chi connectivity index (χ4v) is 0.300. The molecule has 0 aliphatic carbocycles. The predicted octanol–water partition coefficient (Wildman–Crippen LogP) is -2.49. The fourth-order valence-electron chi connectivity index (χ4n) is 0.300. The minimum atomic E-state index is -1.46. The van der Waals surface area contributed by atoms with Crippen molar-refractivity contribution in [2.24, 2.45) is 0 Å². The van der Waals surface area contributed by atoms with Crippen molar-refractivity contribution in [3.05, 3.63) is 11.5 Å². The summed E-state index contributed by atoms with van der Waals surface area (Å²) in [7, 11) is 0. The van der Waals surface area contributed by atoms with Crippen LogP contribution in [-0.4, -0.2) is 81.4 Å². The van der Waals surface area contributed by atoms with Crippen LogP contribution in [0.4, 0.5) is 0 Å². The molecule has 0 unspecified atom stereocenters. The van der Waals surface area contributed by atoms with Crippen LogP contribution in [0, 0.1) is 0 Å². The summed E-state index contributed by atoms with van der Waals surface area (Å²) in [6.45, 7) is -3.08. The van der Waals surface area contributed by atoms with Crippen LogP contribution < -0.4 is 0 Å². The van der Waals surface area contributed by atoms with Gasteiger partial charge >= 0.3 is 17.1 Å². The van der Waals surface area contributed by atoms with Crippen molar-refractivity contribution in [1.29, 1.82) is 0 Å². The van der Waals surface area contributed by atoms with Gasteiger partial charge in [-0.3, -0.25) is 0 Å². The number of aliphatic hydroxyl groups is 6. The minimum Gasteiger partial charge on any atom is -0.666 e. The van der Waals surface area contributed by atoms with E-state index in [1.54, 1.807) is 0 Å². The van der Waals surface area contributed by atoms with Gasteiger partial charge in [-0.25, -0.2) is 0 Å². The zero-order valence-electron chi connectivity index (χ0n) is 9.23. The summed E-state index contributed by atoms with van der Waals surface area (Å²) in [5.41, 5.74) is 10.9. The van der Waals surface area contributed by atoms with Gasteiger partial charge in [-0.2, -0.15) is 0 Å². The van der Waals surface area contributed by atoms with Crippen LogP contribution in [0.3, 0.4) is 0 Å². The first-order valence-electron chi connectivity index (χ1n) is 4.52. The van der Waals surface area contributed by atoms with E-state index in [9.17, 15) is 0 Å². The van der Waals surface area contributed by atoms with E-state index in [-0.39, 0.29) is 17.1 Å². The van der Waals surface area contributed by atoms with Crippen molar-refractivity contribution in [2.75, 3.05) is 39.6 Å². The second-order valence-corrected chi connectivity index (χ2v) is 3.51. The Balaban J connectivity index is -0.000000218. The first kappa shape index (κ1) is 22.4. The molecule has 0 fully saturated rings. The van der Waals surface area contributed by atoms with Crippen LogP contribution in [0.5, 0.6) is 0 Å². The SMILES string of the molecule is [Cu+2].[NH-]C(CO)(CO)CO.[NH-]C(CO)(CO)CO. The second-order valence-electron chi connectivity index (χ2n) is 3.51. The molecule has 0 aliphatic rings. The quantitative estimate of drug-likeness (QED) is 0.296. The number of nitrogens with one attached hydrogen (secondary N) is 2. The van der Waals surface area contributed by atoms with Gasteiger partial charge in [-0.1, -0.05) is 11.1 Å². The monoisotopic (exact) mass is 303 g/mol. The third-order valence-electron chi connectivity index (χ3n) is 1.82. The minimum absolute atomic E-state index is 0. The van der Waals surface area contributed by atoms with E-state index >= 15 is 0 Å². The normalized spacial score (nSPS) is 11.3. The Morgan fingerprint density at radius 2 is 0.647 bits per heavy atom. The molecule has 0 aromatic carbocycles. The van der Waals surface area contributed by atoms with Gasteiger partial charge in [0.05, 0.1) is 0 Å². The second kappa shape index (κ2) is 11.3. The fraction of sp³-hybridized carbons (Fsp3) is 1.00. The Kier molecular flexibility index (Phi) is 14.9. The topological polar surface area (TPSA) is 169 Å². The molecule has 1 radical (unpaired) electrons. The predicted molar refractivity (Wildman–Crippen MR) is 56.6 cm³/mol. The molecule has 8 N–H and O–H groups in total. The molecule has 17 heavy (non-hydrogen) atoms. The zero-order valence-corrected chi connectivity index (χ0v) is 10.2. The zero-order chi connectivity index (χ0) is 13.2. The maximum absolute atomic E-state index is 8.28. The Morgan fingerprint density at radius 1 is 0.529 bits per heavy atom. The Labute approximate surface area is 110 Å². The molecular formula is C8H20CuN2O6. The van der Waals surface area contributed by atoms with Crippen molar-refractivity contribution in [3.63, 3.8) is 0 Å². The molecule has 0 saturated heterocycles. The van der Waals surface area contributed by atoms with Gasteiger partial charge in [0.1, 0.15) is 0 Å². The van der Waals surface area contributed by atoms with Gasteiger partial charge in [0.15, 0.2) is 0 Å². The first-order valence-corrected chi connectivity index (χ1v) is 4.52. The number of hydrogen-bond donors (Lipinski definition) is 6. The standard InChI is InChI=1S/2C4H10NO3.Cu/c2*5-4(1-6,2-7)3-8;/h2*5-8H,1-3H2;/q2*-1;+2.